The molecule has 0 fully saturated rings. The second-order valence-corrected chi connectivity index (χ2v) is 5.32. The Kier molecular flexibility index (Phi) is 5.49. The summed E-state index contributed by atoms with van der Waals surface area (Å²) in [6.45, 7) is 3.97. The van der Waals surface area contributed by atoms with Gasteiger partial charge in [-0.05, 0) is 18.4 Å². The number of amides is 2. The van der Waals surface area contributed by atoms with E-state index in [0.717, 1.165) is 0 Å². The maximum atomic E-state index is 12.1. The van der Waals surface area contributed by atoms with Crippen LogP contribution in [0.25, 0.3) is 0 Å². The van der Waals surface area contributed by atoms with Gasteiger partial charge in [0.2, 0.25) is 5.91 Å². The molecule has 110 valence electrons. The number of aromatic nitrogens is 1. The molecule has 0 saturated heterocycles. The maximum Gasteiger partial charge on any atom is 0.253 e. The van der Waals surface area contributed by atoms with Gasteiger partial charge in [0, 0.05) is 20.3 Å². The lowest BCUT2D eigenvalue weighted by Crippen LogP contribution is -2.46. The molecule has 0 aliphatic heterocycles. The predicted octanol–water partition coefficient (Wildman–Crippen LogP) is 1.02. The molecule has 1 aromatic heterocycles. The Morgan fingerprint density at radius 2 is 2.00 bits per heavy atom. The van der Waals surface area contributed by atoms with Gasteiger partial charge in [0.05, 0.1) is 11.8 Å². The Morgan fingerprint density at radius 1 is 1.35 bits per heavy atom. The molecule has 0 spiro atoms. The number of nitrogens with zero attached hydrogens (tertiary/aromatic N) is 2. The predicted molar refractivity (Wildman–Crippen MR) is 75.3 cm³/mol. The fourth-order valence-electron chi connectivity index (χ4n) is 1.80. The average Bonchev–Trinajstić information content (AvgIpc) is 2.36. The first-order valence-corrected chi connectivity index (χ1v) is 6.47. The maximum absolute atomic E-state index is 12.1. The van der Waals surface area contributed by atoms with Gasteiger partial charge in [-0.15, -0.1) is 0 Å². The second-order valence-electron chi connectivity index (χ2n) is 5.32. The number of hydrogen-bond donors (Lipinski definition) is 2. The SMILES string of the molecule is CC(C)CC(NC(=O)c1cncc(O)c1)C(=O)N(C)C. The van der Waals surface area contributed by atoms with Crippen LogP contribution in [0, 0.1) is 5.92 Å². The summed E-state index contributed by atoms with van der Waals surface area (Å²) in [4.78, 5) is 29.3. The Morgan fingerprint density at radius 3 is 2.50 bits per heavy atom. The zero-order valence-electron chi connectivity index (χ0n) is 12.3. The van der Waals surface area contributed by atoms with Gasteiger partial charge in [-0.25, -0.2) is 0 Å². The zero-order chi connectivity index (χ0) is 15.3. The summed E-state index contributed by atoms with van der Waals surface area (Å²) in [6.07, 6.45) is 3.14. The molecule has 6 heteroatoms. The summed E-state index contributed by atoms with van der Waals surface area (Å²) in [7, 11) is 3.30. The van der Waals surface area contributed by atoms with Crippen molar-refractivity contribution in [3.05, 3.63) is 24.0 Å². The van der Waals surface area contributed by atoms with Crippen molar-refractivity contribution in [2.75, 3.05) is 14.1 Å². The number of carbonyl (C=O) groups is 2. The fourth-order valence-corrected chi connectivity index (χ4v) is 1.80. The smallest absolute Gasteiger partial charge is 0.253 e. The van der Waals surface area contributed by atoms with Crippen molar-refractivity contribution in [2.45, 2.75) is 26.3 Å². The first-order chi connectivity index (χ1) is 9.31. The number of likely N-dealkylation sites (N-methyl/N-ethyl adjacent to an activating group) is 1. The van der Waals surface area contributed by atoms with Gasteiger partial charge in [0.1, 0.15) is 11.8 Å². The Labute approximate surface area is 118 Å². The van der Waals surface area contributed by atoms with Crippen LogP contribution in [-0.2, 0) is 4.79 Å². The Hall–Kier alpha value is -2.11. The molecular formula is C14H21N3O3. The van der Waals surface area contributed by atoms with E-state index in [9.17, 15) is 14.7 Å². The molecule has 2 amide bonds. The largest absolute Gasteiger partial charge is 0.506 e. The van der Waals surface area contributed by atoms with Crippen LogP contribution in [-0.4, -0.2) is 46.9 Å². The van der Waals surface area contributed by atoms with Gasteiger partial charge in [0.15, 0.2) is 0 Å². The molecule has 1 rings (SSSR count). The van der Waals surface area contributed by atoms with E-state index in [1.165, 1.54) is 23.4 Å². The first kappa shape index (κ1) is 15.9. The van der Waals surface area contributed by atoms with E-state index in [1.807, 2.05) is 13.8 Å². The van der Waals surface area contributed by atoms with E-state index in [0.29, 0.717) is 6.42 Å². The van der Waals surface area contributed by atoms with Crippen molar-refractivity contribution < 1.29 is 14.7 Å². The fraction of sp³-hybridized carbons (Fsp3) is 0.500. The Balaban J connectivity index is 2.84. The molecule has 1 unspecified atom stereocenters. The summed E-state index contributed by atoms with van der Waals surface area (Å²) in [5, 5.41) is 12.0. The number of pyridine rings is 1. The third-order valence-electron chi connectivity index (χ3n) is 2.74. The second kappa shape index (κ2) is 6.88. The van der Waals surface area contributed by atoms with Gasteiger partial charge in [-0.2, -0.15) is 0 Å². The van der Waals surface area contributed by atoms with E-state index in [1.54, 1.807) is 14.1 Å². The lowest BCUT2D eigenvalue weighted by molar-refractivity contribution is -0.131. The monoisotopic (exact) mass is 279 g/mol. The molecule has 6 nitrogen and oxygen atoms in total. The first-order valence-electron chi connectivity index (χ1n) is 6.47. The molecule has 20 heavy (non-hydrogen) atoms. The van der Waals surface area contributed by atoms with Crippen molar-refractivity contribution in [1.82, 2.24) is 15.2 Å². The topological polar surface area (TPSA) is 82.5 Å². The highest BCUT2D eigenvalue weighted by molar-refractivity contribution is 5.97. The van der Waals surface area contributed by atoms with Crippen molar-refractivity contribution in [3.8, 4) is 5.75 Å². The molecular weight excluding hydrogens is 258 g/mol. The number of rotatable bonds is 5. The van der Waals surface area contributed by atoms with Crippen molar-refractivity contribution >= 4 is 11.8 Å². The van der Waals surface area contributed by atoms with E-state index >= 15 is 0 Å². The molecule has 0 radical (unpaired) electrons. The van der Waals surface area contributed by atoms with Gasteiger partial charge in [-0.3, -0.25) is 14.6 Å². The quantitative estimate of drug-likeness (QED) is 0.843. The van der Waals surface area contributed by atoms with Crippen LogP contribution in [0.4, 0.5) is 0 Å². The summed E-state index contributed by atoms with van der Waals surface area (Å²) < 4.78 is 0. The minimum Gasteiger partial charge on any atom is -0.506 e. The van der Waals surface area contributed by atoms with Crippen molar-refractivity contribution in [2.24, 2.45) is 5.92 Å². The van der Waals surface area contributed by atoms with Crippen LogP contribution in [0.2, 0.25) is 0 Å². The van der Waals surface area contributed by atoms with Crippen LogP contribution >= 0.6 is 0 Å². The molecule has 0 aliphatic carbocycles. The van der Waals surface area contributed by atoms with Crippen molar-refractivity contribution in [1.29, 1.82) is 0 Å². The summed E-state index contributed by atoms with van der Waals surface area (Å²) in [5.41, 5.74) is 0.227. The highest BCUT2D eigenvalue weighted by Gasteiger charge is 2.24. The van der Waals surface area contributed by atoms with E-state index < -0.39 is 11.9 Å². The van der Waals surface area contributed by atoms with Crippen LogP contribution in [0.15, 0.2) is 18.5 Å². The number of hydrogen-bond acceptors (Lipinski definition) is 4. The number of nitrogens with one attached hydrogen (secondary N) is 1. The zero-order valence-corrected chi connectivity index (χ0v) is 12.3. The Bertz CT molecular complexity index is 486. The lowest BCUT2D eigenvalue weighted by Gasteiger charge is -2.23. The summed E-state index contributed by atoms with van der Waals surface area (Å²) >= 11 is 0. The molecule has 0 aromatic carbocycles. The minimum absolute atomic E-state index is 0.0861. The molecule has 1 heterocycles. The average molecular weight is 279 g/mol. The standard InChI is InChI=1S/C14H21N3O3/c1-9(2)5-12(14(20)17(3)4)16-13(19)10-6-11(18)8-15-7-10/h6-9,12,18H,5H2,1-4H3,(H,16,19). The van der Waals surface area contributed by atoms with E-state index in [2.05, 4.69) is 10.3 Å². The van der Waals surface area contributed by atoms with Gasteiger partial charge in [-0.1, -0.05) is 13.8 Å². The van der Waals surface area contributed by atoms with Crippen LogP contribution in [0.1, 0.15) is 30.6 Å². The van der Waals surface area contributed by atoms with Gasteiger partial charge in [0.25, 0.3) is 5.91 Å². The summed E-state index contributed by atoms with van der Waals surface area (Å²) in [6, 6.07) is 0.731. The molecule has 1 atom stereocenters. The van der Waals surface area contributed by atoms with Crippen LogP contribution in [0.5, 0.6) is 5.75 Å². The molecule has 0 aliphatic rings. The minimum atomic E-state index is -0.583. The number of carbonyl (C=O) groups excluding carboxylic acids is 2. The molecule has 1 aromatic rings. The molecule has 0 saturated carbocycles. The number of aromatic hydroxyl groups is 1. The summed E-state index contributed by atoms with van der Waals surface area (Å²) in [5.74, 6) is -0.391. The highest BCUT2D eigenvalue weighted by atomic mass is 16.3. The van der Waals surface area contributed by atoms with E-state index in [4.69, 9.17) is 0 Å². The molecule has 2 N–H and O–H groups in total. The lowest BCUT2D eigenvalue weighted by atomic mass is 10.0. The van der Waals surface area contributed by atoms with E-state index in [-0.39, 0.29) is 23.1 Å². The third kappa shape index (κ3) is 4.53. The van der Waals surface area contributed by atoms with Crippen molar-refractivity contribution in [3.63, 3.8) is 0 Å². The van der Waals surface area contributed by atoms with Crippen LogP contribution in [0.3, 0.4) is 0 Å². The van der Waals surface area contributed by atoms with Crippen LogP contribution < -0.4 is 5.32 Å². The molecule has 0 bridgehead atoms. The highest BCUT2D eigenvalue weighted by Crippen LogP contribution is 2.11. The van der Waals surface area contributed by atoms with Gasteiger partial charge >= 0.3 is 0 Å². The third-order valence-corrected chi connectivity index (χ3v) is 2.74. The normalized spacial score (nSPS) is 12.1. The van der Waals surface area contributed by atoms with Gasteiger partial charge < -0.3 is 15.3 Å².